The number of nitrogens with one attached hydrogen (secondary N) is 1. The minimum atomic E-state index is -0.0322. The molecule has 1 aliphatic heterocycles. The van der Waals surface area contributed by atoms with Gasteiger partial charge in [-0.25, -0.2) is 0 Å². The van der Waals surface area contributed by atoms with E-state index in [1.807, 2.05) is 0 Å². The smallest absolute Gasteiger partial charge is 0.227 e. The predicted molar refractivity (Wildman–Crippen MR) is 73.0 cm³/mol. The number of hydrogen-bond acceptors (Lipinski definition) is 3. The zero-order valence-electron chi connectivity index (χ0n) is 9.71. The van der Waals surface area contributed by atoms with Crippen molar-refractivity contribution in [3.05, 3.63) is 22.2 Å². The van der Waals surface area contributed by atoms with Crippen molar-refractivity contribution in [3.8, 4) is 0 Å². The van der Waals surface area contributed by atoms with E-state index in [4.69, 9.17) is 33.7 Å². The van der Waals surface area contributed by atoms with Crippen molar-refractivity contribution in [2.45, 2.75) is 12.8 Å². The number of ether oxygens (including phenoxy) is 1. The van der Waals surface area contributed by atoms with E-state index < -0.39 is 0 Å². The first-order valence-corrected chi connectivity index (χ1v) is 6.46. The molecule has 6 heteroatoms. The second-order valence-electron chi connectivity index (χ2n) is 4.23. The Bertz CT molecular complexity index is 436. The molecule has 0 radical (unpaired) electrons. The topological polar surface area (TPSA) is 64.3 Å². The van der Waals surface area contributed by atoms with Crippen molar-refractivity contribution in [2.75, 3.05) is 24.3 Å². The van der Waals surface area contributed by atoms with Crippen LogP contribution in [-0.2, 0) is 9.53 Å². The molecule has 0 spiro atoms. The molecule has 2 rings (SSSR count). The van der Waals surface area contributed by atoms with Gasteiger partial charge in [0.1, 0.15) is 0 Å². The fourth-order valence-corrected chi connectivity index (χ4v) is 2.35. The summed E-state index contributed by atoms with van der Waals surface area (Å²) in [6.07, 6.45) is 1.48. The molecule has 0 aliphatic carbocycles. The summed E-state index contributed by atoms with van der Waals surface area (Å²) in [5.74, 6) is -0.0518. The molecule has 1 heterocycles. The Hall–Kier alpha value is -0.970. The Balaban J connectivity index is 2.06. The van der Waals surface area contributed by atoms with Gasteiger partial charge in [0, 0.05) is 24.8 Å². The van der Waals surface area contributed by atoms with Gasteiger partial charge < -0.3 is 15.8 Å². The molecule has 1 saturated heterocycles. The zero-order chi connectivity index (χ0) is 13.1. The average Bonchev–Trinajstić information content (AvgIpc) is 2.37. The Morgan fingerprint density at radius 1 is 1.28 bits per heavy atom. The molecule has 0 aromatic heterocycles. The standard InChI is InChI=1S/C12H14Cl2N2O2/c13-9-5-8(6-10(14)11(9)15)16-12(17)7-1-3-18-4-2-7/h5-7H,1-4,15H2,(H,16,17). The molecule has 1 aromatic rings. The maximum atomic E-state index is 12.0. The number of carbonyl (C=O) groups excluding carboxylic acids is 1. The molecule has 1 amide bonds. The Labute approximate surface area is 115 Å². The fourth-order valence-electron chi connectivity index (χ4n) is 1.86. The van der Waals surface area contributed by atoms with Crippen molar-refractivity contribution in [3.63, 3.8) is 0 Å². The highest BCUT2D eigenvalue weighted by molar-refractivity contribution is 6.39. The quantitative estimate of drug-likeness (QED) is 0.823. The Kier molecular flexibility index (Phi) is 4.32. The highest BCUT2D eigenvalue weighted by Crippen LogP contribution is 2.31. The van der Waals surface area contributed by atoms with Gasteiger partial charge >= 0.3 is 0 Å². The highest BCUT2D eigenvalue weighted by atomic mass is 35.5. The number of nitrogens with two attached hydrogens (primary N) is 1. The van der Waals surface area contributed by atoms with Crippen LogP contribution >= 0.6 is 23.2 Å². The van der Waals surface area contributed by atoms with Crippen LogP contribution in [0.2, 0.25) is 10.0 Å². The summed E-state index contributed by atoms with van der Waals surface area (Å²) in [4.78, 5) is 12.0. The first-order valence-electron chi connectivity index (χ1n) is 5.71. The third kappa shape index (κ3) is 3.07. The lowest BCUT2D eigenvalue weighted by Gasteiger charge is -2.21. The number of rotatable bonds is 2. The van der Waals surface area contributed by atoms with E-state index in [0.717, 1.165) is 12.8 Å². The summed E-state index contributed by atoms with van der Waals surface area (Å²) >= 11 is 11.8. The van der Waals surface area contributed by atoms with E-state index in [9.17, 15) is 4.79 Å². The number of benzene rings is 1. The van der Waals surface area contributed by atoms with E-state index in [2.05, 4.69) is 5.32 Å². The SMILES string of the molecule is Nc1c(Cl)cc(NC(=O)C2CCOCC2)cc1Cl. The maximum absolute atomic E-state index is 12.0. The van der Waals surface area contributed by atoms with Crippen molar-refractivity contribution in [1.82, 2.24) is 0 Å². The number of nitrogen functional groups attached to an aromatic ring is 1. The monoisotopic (exact) mass is 288 g/mol. The van der Waals surface area contributed by atoms with Gasteiger partial charge in [-0.3, -0.25) is 4.79 Å². The maximum Gasteiger partial charge on any atom is 0.227 e. The number of amides is 1. The molecule has 0 saturated carbocycles. The number of halogens is 2. The summed E-state index contributed by atoms with van der Waals surface area (Å²) < 4.78 is 5.22. The third-order valence-electron chi connectivity index (χ3n) is 2.94. The molecule has 0 atom stereocenters. The molecule has 3 N–H and O–H groups in total. The van der Waals surface area contributed by atoms with E-state index in [1.54, 1.807) is 12.1 Å². The summed E-state index contributed by atoms with van der Waals surface area (Å²) in [5.41, 5.74) is 6.52. The molecule has 0 bridgehead atoms. The number of anilines is 2. The molecular weight excluding hydrogens is 275 g/mol. The summed E-state index contributed by atoms with van der Waals surface area (Å²) in [5, 5.41) is 3.48. The molecule has 1 fully saturated rings. The van der Waals surface area contributed by atoms with Crippen molar-refractivity contribution in [2.24, 2.45) is 5.92 Å². The van der Waals surface area contributed by atoms with Gasteiger partial charge in [0.25, 0.3) is 0 Å². The predicted octanol–water partition coefficient (Wildman–Crippen LogP) is 2.94. The van der Waals surface area contributed by atoms with Crippen LogP contribution in [-0.4, -0.2) is 19.1 Å². The van der Waals surface area contributed by atoms with Gasteiger partial charge in [0.2, 0.25) is 5.91 Å². The Morgan fingerprint density at radius 2 is 1.83 bits per heavy atom. The lowest BCUT2D eigenvalue weighted by molar-refractivity contribution is -0.122. The van der Waals surface area contributed by atoms with Gasteiger partial charge in [0.15, 0.2) is 0 Å². The minimum Gasteiger partial charge on any atom is -0.396 e. The molecular formula is C12H14Cl2N2O2. The van der Waals surface area contributed by atoms with Gasteiger partial charge in [-0.1, -0.05) is 23.2 Å². The summed E-state index contributed by atoms with van der Waals surface area (Å²) in [6, 6.07) is 3.19. The van der Waals surface area contributed by atoms with Gasteiger partial charge in [-0.05, 0) is 25.0 Å². The third-order valence-corrected chi connectivity index (χ3v) is 3.56. The lowest BCUT2D eigenvalue weighted by Crippen LogP contribution is -2.28. The van der Waals surface area contributed by atoms with Crippen LogP contribution in [0.5, 0.6) is 0 Å². The van der Waals surface area contributed by atoms with Crippen LogP contribution in [0.3, 0.4) is 0 Å². The zero-order valence-corrected chi connectivity index (χ0v) is 11.2. The van der Waals surface area contributed by atoms with Crippen molar-refractivity contribution < 1.29 is 9.53 Å². The highest BCUT2D eigenvalue weighted by Gasteiger charge is 2.21. The lowest BCUT2D eigenvalue weighted by atomic mass is 9.99. The van der Waals surface area contributed by atoms with E-state index >= 15 is 0 Å². The molecule has 18 heavy (non-hydrogen) atoms. The van der Waals surface area contributed by atoms with Crippen LogP contribution in [0, 0.1) is 5.92 Å². The van der Waals surface area contributed by atoms with Gasteiger partial charge in [-0.2, -0.15) is 0 Å². The second-order valence-corrected chi connectivity index (χ2v) is 5.04. The van der Waals surface area contributed by atoms with E-state index in [-0.39, 0.29) is 11.8 Å². The van der Waals surface area contributed by atoms with Crippen LogP contribution in [0.4, 0.5) is 11.4 Å². The largest absolute Gasteiger partial charge is 0.396 e. The van der Waals surface area contributed by atoms with E-state index in [1.165, 1.54) is 0 Å². The van der Waals surface area contributed by atoms with Crippen LogP contribution < -0.4 is 11.1 Å². The van der Waals surface area contributed by atoms with Crippen molar-refractivity contribution in [1.29, 1.82) is 0 Å². The first kappa shape index (κ1) is 13.5. The van der Waals surface area contributed by atoms with Crippen LogP contribution in [0.25, 0.3) is 0 Å². The number of hydrogen-bond donors (Lipinski definition) is 2. The number of carbonyl (C=O) groups is 1. The molecule has 0 unspecified atom stereocenters. The van der Waals surface area contributed by atoms with Crippen molar-refractivity contribution >= 4 is 40.5 Å². The average molecular weight is 289 g/mol. The summed E-state index contributed by atoms with van der Waals surface area (Å²) in [6.45, 7) is 1.25. The second kappa shape index (κ2) is 5.78. The molecule has 1 aromatic carbocycles. The Morgan fingerprint density at radius 3 is 2.39 bits per heavy atom. The van der Waals surface area contributed by atoms with E-state index in [0.29, 0.717) is 34.6 Å². The van der Waals surface area contributed by atoms with Crippen LogP contribution in [0.15, 0.2) is 12.1 Å². The summed E-state index contributed by atoms with van der Waals surface area (Å²) in [7, 11) is 0. The fraction of sp³-hybridized carbons (Fsp3) is 0.417. The van der Waals surface area contributed by atoms with Gasteiger partial charge in [0.05, 0.1) is 15.7 Å². The first-order chi connectivity index (χ1) is 8.58. The molecule has 1 aliphatic rings. The normalized spacial score (nSPS) is 16.6. The minimum absolute atomic E-state index is 0.0196. The van der Waals surface area contributed by atoms with Gasteiger partial charge in [-0.15, -0.1) is 0 Å². The van der Waals surface area contributed by atoms with Crippen LogP contribution in [0.1, 0.15) is 12.8 Å². The molecule has 98 valence electrons. The molecule has 4 nitrogen and oxygen atoms in total.